The fourth-order valence-corrected chi connectivity index (χ4v) is 5.86. The van der Waals surface area contributed by atoms with Crippen molar-refractivity contribution in [3.63, 3.8) is 0 Å². The molecule has 0 atom stereocenters. The van der Waals surface area contributed by atoms with E-state index in [0.29, 0.717) is 17.9 Å². The number of sulfone groups is 1. The molecule has 0 bridgehead atoms. The number of rotatable bonds is 4. The molecule has 1 aliphatic heterocycles. The van der Waals surface area contributed by atoms with Crippen LogP contribution < -0.4 is 0 Å². The van der Waals surface area contributed by atoms with E-state index in [9.17, 15) is 16.8 Å². The van der Waals surface area contributed by atoms with Crippen LogP contribution in [-0.2, 0) is 19.9 Å². The highest BCUT2D eigenvalue weighted by molar-refractivity contribution is 7.91. The van der Waals surface area contributed by atoms with Gasteiger partial charge in [-0.05, 0) is 48.2 Å². The molecule has 1 saturated heterocycles. The number of hydrogen-bond acceptors (Lipinski definition) is 4. The summed E-state index contributed by atoms with van der Waals surface area (Å²) >= 11 is 6.00. The smallest absolute Gasteiger partial charge is 0.229 e. The Bertz CT molecular complexity index is 994. The van der Waals surface area contributed by atoms with E-state index in [0.717, 1.165) is 11.1 Å². The van der Waals surface area contributed by atoms with Gasteiger partial charge in [0.25, 0.3) is 0 Å². The van der Waals surface area contributed by atoms with Gasteiger partial charge in [-0.3, -0.25) is 0 Å². The van der Waals surface area contributed by atoms with Crippen molar-refractivity contribution >= 4 is 31.5 Å². The van der Waals surface area contributed by atoms with Gasteiger partial charge in [0, 0.05) is 24.4 Å². The number of benzene rings is 2. The van der Waals surface area contributed by atoms with Crippen LogP contribution in [0.2, 0.25) is 5.02 Å². The maximum absolute atomic E-state index is 12.8. The summed E-state index contributed by atoms with van der Waals surface area (Å²) in [6.07, 6.45) is 1.87. The Morgan fingerprint density at radius 3 is 2.08 bits per heavy atom. The predicted molar refractivity (Wildman–Crippen MR) is 104 cm³/mol. The van der Waals surface area contributed by atoms with Gasteiger partial charge in [0.15, 0.2) is 0 Å². The second-order valence-electron chi connectivity index (χ2n) is 6.47. The SMILES string of the molecule is CS(=O)(=O)C1CCN(S(=O)(=O)c2ccc(-c3cccc(Cl)c3)cc2)CC1. The predicted octanol–water partition coefficient (Wildman–Crippen LogP) is 3.20. The van der Waals surface area contributed by atoms with Gasteiger partial charge < -0.3 is 0 Å². The molecule has 1 fully saturated rings. The monoisotopic (exact) mass is 413 g/mol. The van der Waals surface area contributed by atoms with Gasteiger partial charge in [0.05, 0.1) is 10.1 Å². The molecule has 1 aliphatic rings. The van der Waals surface area contributed by atoms with Crippen molar-refractivity contribution in [1.29, 1.82) is 0 Å². The Morgan fingerprint density at radius 2 is 1.54 bits per heavy atom. The summed E-state index contributed by atoms with van der Waals surface area (Å²) in [6.45, 7) is 0.437. The highest BCUT2D eigenvalue weighted by Crippen LogP contribution is 2.27. The first-order chi connectivity index (χ1) is 12.2. The molecule has 0 unspecified atom stereocenters. The summed E-state index contributed by atoms with van der Waals surface area (Å²) in [4.78, 5) is 0.209. The molecule has 140 valence electrons. The lowest BCUT2D eigenvalue weighted by Crippen LogP contribution is -2.42. The van der Waals surface area contributed by atoms with Crippen LogP contribution in [0, 0.1) is 0 Å². The average Bonchev–Trinajstić information content (AvgIpc) is 2.61. The lowest BCUT2D eigenvalue weighted by Gasteiger charge is -2.30. The van der Waals surface area contributed by atoms with Crippen LogP contribution in [0.5, 0.6) is 0 Å². The summed E-state index contributed by atoms with van der Waals surface area (Å²) in [5.74, 6) is 0. The van der Waals surface area contributed by atoms with Crippen LogP contribution in [-0.4, -0.2) is 45.7 Å². The minimum Gasteiger partial charge on any atom is -0.229 e. The van der Waals surface area contributed by atoms with Crippen molar-refractivity contribution in [2.45, 2.75) is 23.0 Å². The topological polar surface area (TPSA) is 71.5 Å². The fourth-order valence-electron chi connectivity index (χ4n) is 3.14. The molecule has 0 N–H and O–H groups in total. The third-order valence-electron chi connectivity index (χ3n) is 4.66. The van der Waals surface area contributed by atoms with Gasteiger partial charge in [-0.1, -0.05) is 35.9 Å². The van der Waals surface area contributed by atoms with E-state index in [1.165, 1.54) is 10.6 Å². The molecule has 0 aromatic heterocycles. The molecule has 3 rings (SSSR count). The third-order valence-corrected chi connectivity index (χ3v) is 8.49. The van der Waals surface area contributed by atoms with Gasteiger partial charge in [-0.25, -0.2) is 16.8 Å². The second-order valence-corrected chi connectivity index (χ2v) is 11.2. The lowest BCUT2D eigenvalue weighted by atomic mass is 10.1. The number of hydrogen-bond donors (Lipinski definition) is 0. The van der Waals surface area contributed by atoms with Crippen molar-refractivity contribution in [3.05, 3.63) is 53.6 Å². The third kappa shape index (κ3) is 4.11. The summed E-state index contributed by atoms with van der Waals surface area (Å²) in [6, 6.07) is 14.0. The van der Waals surface area contributed by atoms with Crippen LogP contribution in [0.4, 0.5) is 0 Å². The molecular formula is C18H20ClNO4S2. The minimum absolute atomic E-state index is 0.209. The van der Waals surface area contributed by atoms with E-state index in [1.54, 1.807) is 30.3 Å². The Hall–Kier alpha value is -1.41. The molecule has 2 aromatic rings. The molecule has 2 aromatic carbocycles. The Labute approximate surface area is 159 Å². The van der Waals surface area contributed by atoms with Crippen molar-refractivity contribution in [1.82, 2.24) is 4.31 Å². The van der Waals surface area contributed by atoms with E-state index >= 15 is 0 Å². The van der Waals surface area contributed by atoms with E-state index in [-0.39, 0.29) is 18.0 Å². The first-order valence-corrected chi connectivity index (χ1v) is 12.0. The largest absolute Gasteiger partial charge is 0.243 e. The van der Waals surface area contributed by atoms with Gasteiger partial charge in [-0.2, -0.15) is 4.31 Å². The summed E-state index contributed by atoms with van der Waals surface area (Å²) in [7, 11) is -6.76. The zero-order valence-electron chi connectivity index (χ0n) is 14.3. The highest BCUT2D eigenvalue weighted by atomic mass is 35.5. The van der Waals surface area contributed by atoms with Crippen molar-refractivity contribution in [2.24, 2.45) is 0 Å². The summed E-state index contributed by atoms with van der Waals surface area (Å²) in [5.41, 5.74) is 1.79. The molecule has 5 nitrogen and oxygen atoms in total. The highest BCUT2D eigenvalue weighted by Gasteiger charge is 2.33. The number of nitrogens with zero attached hydrogens (tertiary/aromatic N) is 1. The average molecular weight is 414 g/mol. The van der Waals surface area contributed by atoms with E-state index in [1.807, 2.05) is 18.2 Å². The summed E-state index contributed by atoms with van der Waals surface area (Å²) in [5, 5.41) is 0.159. The Morgan fingerprint density at radius 1 is 0.923 bits per heavy atom. The number of piperidine rings is 1. The maximum atomic E-state index is 12.8. The molecule has 0 saturated carbocycles. The van der Waals surface area contributed by atoms with Gasteiger partial charge in [-0.15, -0.1) is 0 Å². The Balaban J connectivity index is 1.78. The quantitative estimate of drug-likeness (QED) is 0.771. The maximum Gasteiger partial charge on any atom is 0.243 e. The van der Waals surface area contributed by atoms with Gasteiger partial charge >= 0.3 is 0 Å². The van der Waals surface area contributed by atoms with E-state index in [4.69, 9.17) is 11.6 Å². The second kappa shape index (κ2) is 7.31. The summed E-state index contributed by atoms with van der Waals surface area (Å²) < 4.78 is 50.2. The van der Waals surface area contributed by atoms with Crippen LogP contribution in [0.1, 0.15) is 12.8 Å². The minimum atomic E-state index is -3.63. The first-order valence-electron chi connectivity index (χ1n) is 8.23. The molecule has 0 spiro atoms. The van der Waals surface area contributed by atoms with E-state index in [2.05, 4.69) is 0 Å². The fraction of sp³-hybridized carbons (Fsp3) is 0.333. The zero-order valence-corrected chi connectivity index (χ0v) is 16.7. The van der Waals surface area contributed by atoms with Crippen molar-refractivity contribution in [3.8, 4) is 11.1 Å². The Kier molecular flexibility index (Phi) is 5.44. The molecule has 26 heavy (non-hydrogen) atoms. The van der Waals surface area contributed by atoms with Crippen molar-refractivity contribution < 1.29 is 16.8 Å². The zero-order chi connectivity index (χ0) is 18.9. The normalized spacial score (nSPS) is 17.3. The molecule has 8 heteroatoms. The molecule has 0 radical (unpaired) electrons. The number of halogens is 1. The number of sulfonamides is 1. The van der Waals surface area contributed by atoms with Gasteiger partial charge in [0.2, 0.25) is 10.0 Å². The molecule has 0 aliphatic carbocycles. The van der Waals surface area contributed by atoms with Crippen molar-refractivity contribution in [2.75, 3.05) is 19.3 Å². The molecule has 0 amide bonds. The van der Waals surface area contributed by atoms with Crippen LogP contribution in [0.25, 0.3) is 11.1 Å². The van der Waals surface area contributed by atoms with Crippen LogP contribution in [0.3, 0.4) is 0 Å². The molecule has 1 heterocycles. The first kappa shape index (κ1) is 19.4. The lowest BCUT2D eigenvalue weighted by molar-refractivity contribution is 0.346. The van der Waals surface area contributed by atoms with E-state index < -0.39 is 25.1 Å². The van der Waals surface area contributed by atoms with Gasteiger partial charge in [0.1, 0.15) is 9.84 Å². The molecular weight excluding hydrogens is 394 g/mol. The van der Waals surface area contributed by atoms with Crippen LogP contribution in [0.15, 0.2) is 53.4 Å². The van der Waals surface area contributed by atoms with Crippen LogP contribution >= 0.6 is 11.6 Å². The standard InChI is InChI=1S/C18H20ClNO4S2/c1-25(21,22)17-9-11-20(12-10-17)26(23,24)18-7-5-14(6-8-18)15-3-2-4-16(19)13-15/h2-8,13,17H,9-12H2,1H3.